The van der Waals surface area contributed by atoms with Crippen LogP contribution in [0.3, 0.4) is 0 Å². The van der Waals surface area contributed by atoms with Crippen molar-refractivity contribution in [3.8, 4) is 0 Å². The third kappa shape index (κ3) is 2.98. The Kier molecular flexibility index (Phi) is 4.55. The van der Waals surface area contributed by atoms with Crippen molar-refractivity contribution in [3.63, 3.8) is 0 Å². The summed E-state index contributed by atoms with van der Waals surface area (Å²) in [5.74, 6) is 0.844. The van der Waals surface area contributed by atoms with Crippen molar-refractivity contribution in [2.75, 3.05) is 11.4 Å². The zero-order chi connectivity index (χ0) is 19.3. The molecule has 2 aromatic heterocycles. The summed E-state index contributed by atoms with van der Waals surface area (Å²) in [4.78, 5) is 24.5. The van der Waals surface area contributed by atoms with Crippen LogP contribution < -0.4 is 4.90 Å². The van der Waals surface area contributed by atoms with Gasteiger partial charge in [0.2, 0.25) is 0 Å². The van der Waals surface area contributed by atoms with Gasteiger partial charge in [-0.05, 0) is 32.4 Å². The lowest BCUT2D eigenvalue weighted by atomic mass is 9.66. The lowest BCUT2D eigenvalue weighted by Crippen LogP contribution is -2.34. The molecule has 0 aromatic carbocycles. The van der Waals surface area contributed by atoms with Crippen molar-refractivity contribution < 1.29 is 4.79 Å². The van der Waals surface area contributed by atoms with E-state index in [9.17, 15) is 4.79 Å². The molecule has 0 unspecified atom stereocenters. The molecule has 0 spiro atoms. The van der Waals surface area contributed by atoms with E-state index < -0.39 is 0 Å². The summed E-state index contributed by atoms with van der Waals surface area (Å²) in [6.07, 6.45) is 2.62. The molecule has 0 amide bonds. The molecule has 5 heteroatoms. The highest BCUT2D eigenvalue weighted by atomic mass is 32.1. The number of hydrogen-bond acceptors (Lipinski definition) is 5. The van der Waals surface area contributed by atoms with E-state index in [0.717, 1.165) is 29.6 Å². The number of thiazole rings is 1. The monoisotopic (exact) mass is 369 g/mol. The Balaban J connectivity index is 2.06. The first-order chi connectivity index (χ1) is 12.1. The van der Waals surface area contributed by atoms with Crippen LogP contribution in [-0.4, -0.2) is 22.3 Å². The molecule has 1 aliphatic rings. The molecule has 1 aliphatic carbocycles. The summed E-state index contributed by atoms with van der Waals surface area (Å²) in [7, 11) is 0. The number of fused-ring (bicyclic) bond motifs is 1. The van der Waals surface area contributed by atoms with Crippen molar-refractivity contribution in [2.24, 2.45) is 0 Å². The molecule has 0 saturated heterocycles. The van der Waals surface area contributed by atoms with E-state index in [1.165, 1.54) is 10.5 Å². The maximum Gasteiger partial charge on any atom is 0.191 e. The quantitative estimate of drug-likeness (QED) is 0.534. The van der Waals surface area contributed by atoms with Gasteiger partial charge in [0.25, 0.3) is 0 Å². The predicted molar refractivity (Wildman–Crippen MR) is 109 cm³/mol. The third-order valence-corrected chi connectivity index (χ3v) is 6.78. The maximum atomic E-state index is 11.5. The first-order valence-corrected chi connectivity index (χ1v) is 9.84. The second-order valence-corrected chi connectivity index (χ2v) is 9.15. The molecular formula is C21H27N3OS. The number of ketones is 1. The molecule has 0 N–H and O–H groups in total. The number of carbonyl (C=O) groups is 1. The Morgan fingerprint density at radius 1 is 1.31 bits per heavy atom. The molecule has 138 valence electrons. The minimum absolute atomic E-state index is 0.0267. The number of Topliss-reactive ketones (excluding diaryl/α,β-unsaturated/α-hetero) is 1. The molecule has 0 saturated carbocycles. The van der Waals surface area contributed by atoms with Crippen LogP contribution in [0.15, 0.2) is 30.5 Å². The van der Waals surface area contributed by atoms with Crippen LogP contribution in [0.25, 0.3) is 0 Å². The molecule has 0 aliphatic heterocycles. The van der Waals surface area contributed by atoms with Crippen molar-refractivity contribution in [2.45, 2.75) is 58.8 Å². The second kappa shape index (κ2) is 6.31. The van der Waals surface area contributed by atoms with Crippen molar-refractivity contribution >= 4 is 28.1 Å². The number of nitrogens with zero attached hydrogens (tertiary/aromatic N) is 3. The summed E-state index contributed by atoms with van der Waals surface area (Å²) in [6, 6.07) is 3.73. The SMILES string of the molecule is C=C1CC(C)(C)c2sc(N(CC)c3ccc(C(C)=O)cn3)nc2C1(C)C. The van der Waals surface area contributed by atoms with Gasteiger partial charge in [-0.3, -0.25) is 4.79 Å². The molecule has 0 fully saturated rings. The molecule has 3 rings (SSSR count). The van der Waals surface area contributed by atoms with Gasteiger partial charge in [-0.2, -0.15) is 0 Å². The minimum atomic E-state index is -0.120. The van der Waals surface area contributed by atoms with Gasteiger partial charge in [0, 0.05) is 34.0 Å². The highest BCUT2D eigenvalue weighted by Crippen LogP contribution is 2.51. The van der Waals surface area contributed by atoms with Gasteiger partial charge in [-0.1, -0.05) is 39.8 Å². The van der Waals surface area contributed by atoms with Crippen LogP contribution in [0.4, 0.5) is 10.9 Å². The zero-order valence-electron chi connectivity index (χ0n) is 16.5. The Morgan fingerprint density at radius 3 is 2.54 bits per heavy atom. The Labute approximate surface area is 160 Å². The molecule has 2 aromatic rings. The minimum Gasteiger partial charge on any atom is -0.303 e. The van der Waals surface area contributed by atoms with Crippen molar-refractivity contribution in [1.29, 1.82) is 0 Å². The molecule has 0 radical (unpaired) electrons. The number of allylic oxidation sites excluding steroid dienone is 1. The van der Waals surface area contributed by atoms with Gasteiger partial charge in [0.15, 0.2) is 10.9 Å². The van der Waals surface area contributed by atoms with E-state index in [2.05, 4.69) is 51.1 Å². The number of carbonyl (C=O) groups excluding carboxylic acids is 1. The van der Waals surface area contributed by atoms with Crippen LogP contribution >= 0.6 is 11.3 Å². The van der Waals surface area contributed by atoms with Crippen LogP contribution in [0.2, 0.25) is 0 Å². The van der Waals surface area contributed by atoms with Gasteiger partial charge < -0.3 is 4.90 Å². The predicted octanol–water partition coefficient (Wildman–Crippen LogP) is 5.41. The van der Waals surface area contributed by atoms with Crippen LogP contribution in [0, 0.1) is 0 Å². The van der Waals surface area contributed by atoms with Gasteiger partial charge in [0.05, 0.1) is 5.69 Å². The van der Waals surface area contributed by atoms with E-state index in [-0.39, 0.29) is 16.6 Å². The Bertz CT molecular complexity index is 862. The number of pyridine rings is 1. The second-order valence-electron chi connectivity index (χ2n) is 8.17. The molecule has 0 bridgehead atoms. The Morgan fingerprint density at radius 2 is 2.00 bits per heavy atom. The molecular weight excluding hydrogens is 342 g/mol. The summed E-state index contributed by atoms with van der Waals surface area (Å²) in [5.41, 5.74) is 2.92. The maximum absolute atomic E-state index is 11.5. The fourth-order valence-electron chi connectivity index (χ4n) is 3.46. The van der Waals surface area contributed by atoms with Crippen molar-refractivity contribution in [1.82, 2.24) is 9.97 Å². The average Bonchev–Trinajstić information content (AvgIpc) is 3.02. The zero-order valence-corrected chi connectivity index (χ0v) is 17.3. The highest BCUT2D eigenvalue weighted by molar-refractivity contribution is 7.16. The topological polar surface area (TPSA) is 46.1 Å². The number of anilines is 2. The molecule has 4 nitrogen and oxygen atoms in total. The van der Waals surface area contributed by atoms with Crippen LogP contribution in [0.1, 0.15) is 68.9 Å². The first-order valence-electron chi connectivity index (χ1n) is 9.02. The van der Waals surface area contributed by atoms with E-state index >= 15 is 0 Å². The number of hydrogen-bond donors (Lipinski definition) is 0. The van der Waals surface area contributed by atoms with E-state index in [4.69, 9.17) is 4.98 Å². The third-order valence-electron chi connectivity index (χ3n) is 5.34. The normalized spacial score (nSPS) is 17.7. The lowest BCUT2D eigenvalue weighted by molar-refractivity contribution is 0.101. The lowest BCUT2D eigenvalue weighted by Gasteiger charge is -2.39. The van der Waals surface area contributed by atoms with Crippen molar-refractivity contribution in [3.05, 3.63) is 46.6 Å². The van der Waals surface area contributed by atoms with Gasteiger partial charge in [-0.15, -0.1) is 11.3 Å². The van der Waals surface area contributed by atoms with E-state index in [1.807, 2.05) is 12.1 Å². The van der Waals surface area contributed by atoms with Gasteiger partial charge in [-0.25, -0.2) is 9.97 Å². The fraction of sp³-hybridized carbons (Fsp3) is 0.476. The summed E-state index contributed by atoms with van der Waals surface area (Å²) in [5, 5.41) is 0.955. The average molecular weight is 370 g/mol. The Hall–Kier alpha value is -2.01. The van der Waals surface area contributed by atoms with E-state index in [0.29, 0.717) is 5.56 Å². The number of aromatic nitrogens is 2. The van der Waals surface area contributed by atoms with Crippen LogP contribution in [0.5, 0.6) is 0 Å². The van der Waals surface area contributed by atoms with E-state index in [1.54, 1.807) is 24.5 Å². The molecule has 2 heterocycles. The largest absolute Gasteiger partial charge is 0.303 e. The summed E-state index contributed by atoms with van der Waals surface area (Å²) >= 11 is 1.75. The van der Waals surface area contributed by atoms with Gasteiger partial charge in [0.1, 0.15) is 5.82 Å². The molecule has 26 heavy (non-hydrogen) atoms. The fourth-order valence-corrected chi connectivity index (χ4v) is 4.86. The summed E-state index contributed by atoms with van der Waals surface area (Å²) < 4.78 is 0. The molecule has 0 atom stereocenters. The standard InChI is InChI=1S/C21H27N3OS/c1-8-24(16-10-9-15(12-22-16)14(3)25)19-23-17-18(26-19)20(4,5)11-13(2)21(17,6)7/h9-10,12H,2,8,11H2,1,3-7H3. The van der Waals surface area contributed by atoms with Crippen LogP contribution in [-0.2, 0) is 10.8 Å². The number of rotatable bonds is 4. The first kappa shape index (κ1) is 18.8. The smallest absolute Gasteiger partial charge is 0.191 e. The van der Waals surface area contributed by atoms with Gasteiger partial charge >= 0.3 is 0 Å². The highest BCUT2D eigenvalue weighted by Gasteiger charge is 2.43. The summed E-state index contributed by atoms with van der Waals surface area (Å²) in [6.45, 7) is 17.7.